The number of fused-ring (bicyclic) bond motifs is 1. The maximum absolute atomic E-state index is 13.1. The lowest BCUT2D eigenvalue weighted by Crippen LogP contribution is -2.23. The van der Waals surface area contributed by atoms with Crippen LogP contribution in [0.25, 0.3) is 10.9 Å². The molecule has 3 aromatic carbocycles. The number of pyridine rings is 1. The summed E-state index contributed by atoms with van der Waals surface area (Å²) >= 11 is 0. The molecule has 1 heterocycles. The highest BCUT2D eigenvalue weighted by Gasteiger charge is 2.34. The SMILES string of the molecule is C[B]c1ccc(S(=O)(=O)Nc2ccc(Cc3ccnc4cc(OC)c(OC)cc34)c(OC)c2)c(OC(F)(F)F)c1. The first-order chi connectivity index (χ1) is 19.0. The second kappa shape index (κ2) is 11.5. The van der Waals surface area contributed by atoms with Crippen LogP contribution in [0.4, 0.5) is 18.9 Å². The van der Waals surface area contributed by atoms with E-state index >= 15 is 0 Å². The summed E-state index contributed by atoms with van der Waals surface area (Å²) in [6.45, 7) is 1.61. The topological polar surface area (TPSA) is 96.0 Å². The lowest BCUT2D eigenvalue weighted by Gasteiger charge is -2.17. The number of nitrogens with one attached hydrogen (secondary N) is 1. The summed E-state index contributed by atoms with van der Waals surface area (Å²) in [6.07, 6.45) is -3.00. The minimum absolute atomic E-state index is 0.0932. The fourth-order valence-corrected chi connectivity index (χ4v) is 5.34. The second-order valence-corrected chi connectivity index (χ2v) is 10.2. The van der Waals surface area contributed by atoms with Crippen LogP contribution in [0.1, 0.15) is 11.1 Å². The largest absolute Gasteiger partial charge is 0.573 e. The molecule has 0 spiro atoms. The number of ether oxygens (including phenoxy) is 4. The standard InChI is InChI=1S/C27H25BF3N2O6S/c1-28-18-6-8-26(25(12-18)39-27(29,30)31)40(34,35)33-19-7-5-17(22(13-19)36-2)11-16-9-10-32-21-15-24(38-4)23(37-3)14-20(16)21/h5-10,12-15,33H,11H2,1-4H3. The van der Waals surface area contributed by atoms with Crippen LogP contribution in [0, 0.1) is 0 Å². The first-order valence-electron chi connectivity index (χ1n) is 11.9. The smallest absolute Gasteiger partial charge is 0.496 e. The number of hydrogen-bond acceptors (Lipinski definition) is 7. The molecule has 0 amide bonds. The van der Waals surface area contributed by atoms with E-state index in [4.69, 9.17) is 14.2 Å². The van der Waals surface area contributed by atoms with Crippen molar-refractivity contribution in [3.05, 3.63) is 71.9 Å². The summed E-state index contributed by atoms with van der Waals surface area (Å²) < 4.78 is 87.8. The zero-order valence-electron chi connectivity index (χ0n) is 22.0. The summed E-state index contributed by atoms with van der Waals surface area (Å²) in [7, 11) is 1.58. The van der Waals surface area contributed by atoms with Gasteiger partial charge in [0.1, 0.15) is 23.7 Å². The molecule has 0 fully saturated rings. The van der Waals surface area contributed by atoms with Gasteiger partial charge in [0.2, 0.25) is 0 Å². The summed E-state index contributed by atoms with van der Waals surface area (Å²) in [6, 6.07) is 13.5. The Labute approximate surface area is 230 Å². The molecule has 4 aromatic rings. The van der Waals surface area contributed by atoms with Crippen molar-refractivity contribution in [3.8, 4) is 23.0 Å². The average molecular weight is 573 g/mol. The molecule has 40 heavy (non-hydrogen) atoms. The maximum atomic E-state index is 13.1. The van der Waals surface area contributed by atoms with Gasteiger partial charge in [-0.1, -0.05) is 24.4 Å². The highest BCUT2D eigenvalue weighted by atomic mass is 32.2. The van der Waals surface area contributed by atoms with Gasteiger partial charge in [0, 0.05) is 30.1 Å². The quantitative estimate of drug-likeness (QED) is 0.269. The second-order valence-electron chi connectivity index (χ2n) is 8.55. The van der Waals surface area contributed by atoms with Crippen molar-refractivity contribution >= 4 is 39.4 Å². The van der Waals surface area contributed by atoms with E-state index in [9.17, 15) is 21.6 Å². The van der Waals surface area contributed by atoms with Gasteiger partial charge >= 0.3 is 6.36 Å². The van der Waals surface area contributed by atoms with Crippen molar-refractivity contribution in [2.75, 3.05) is 26.1 Å². The average Bonchev–Trinajstić information content (AvgIpc) is 2.91. The highest BCUT2D eigenvalue weighted by molar-refractivity contribution is 7.92. The van der Waals surface area contributed by atoms with Crippen LogP contribution in [0.3, 0.4) is 0 Å². The number of benzene rings is 3. The molecule has 8 nitrogen and oxygen atoms in total. The van der Waals surface area contributed by atoms with E-state index in [2.05, 4.69) is 14.4 Å². The van der Waals surface area contributed by atoms with Crippen LogP contribution in [-0.4, -0.2) is 48.4 Å². The first kappa shape index (κ1) is 28.9. The highest BCUT2D eigenvalue weighted by Crippen LogP contribution is 2.35. The van der Waals surface area contributed by atoms with Crippen molar-refractivity contribution in [1.29, 1.82) is 0 Å². The summed E-state index contributed by atoms with van der Waals surface area (Å²) in [4.78, 5) is 3.75. The number of aromatic nitrogens is 1. The fraction of sp³-hybridized carbons (Fsp3) is 0.222. The molecule has 1 radical (unpaired) electrons. The van der Waals surface area contributed by atoms with E-state index in [1.165, 1.54) is 46.8 Å². The number of methoxy groups -OCH3 is 3. The predicted octanol–water partition coefficient (Wildman–Crippen LogP) is 4.93. The van der Waals surface area contributed by atoms with Gasteiger partial charge in [-0.25, -0.2) is 8.42 Å². The molecule has 0 saturated heterocycles. The fourth-order valence-electron chi connectivity index (χ4n) is 4.18. The van der Waals surface area contributed by atoms with Gasteiger partial charge in [-0.3, -0.25) is 9.71 Å². The Morgan fingerprint density at radius 2 is 1.55 bits per heavy atom. The van der Waals surface area contributed by atoms with Gasteiger partial charge in [0.15, 0.2) is 11.5 Å². The van der Waals surface area contributed by atoms with Gasteiger partial charge in [0.25, 0.3) is 10.0 Å². The third kappa shape index (κ3) is 6.36. The van der Waals surface area contributed by atoms with Crippen molar-refractivity contribution in [3.63, 3.8) is 0 Å². The predicted molar refractivity (Wildman–Crippen MR) is 146 cm³/mol. The van der Waals surface area contributed by atoms with E-state index in [0.29, 0.717) is 34.6 Å². The van der Waals surface area contributed by atoms with Crippen LogP contribution in [0.15, 0.2) is 65.7 Å². The summed E-state index contributed by atoms with van der Waals surface area (Å²) in [5, 5.41) is 0.831. The molecule has 4 rings (SSSR count). The number of nitrogens with zero attached hydrogens (tertiary/aromatic N) is 1. The lowest BCUT2D eigenvalue weighted by molar-refractivity contribution is -0.275. The van der Waals surface area contributed by atoms with Crippen molar-refractivity contribution in [1.82, 2.24) is 4.98 Å². The Balaban J connectivity index is 1.66. The Hall–Kier alpha value is -4.13. The Morgan fingerprint density at radius 1 is 0.850 bits per heavy atom. The molecule has 1 N–H and O–H groups in total. The number of rotatable bonds is 10. The van der Waals surface area contributed by atoms with Gasteiger partial charge < -0.3 is 18.9 Å². The Kier molecular flexibility index (Phi) is 8.33. The minimum Gasteiger partial charge on any atom is -0.496 e. The van der Waals surface area contributed by atoms with Gasteiger partial charge in [-0.05, 0) is 41.5 Å². The van der Waals surface area contributed by atoms with E-state index < -0.39 is 27.0 Å². The first-order valence-corrected chi connectivity index (χ1v) is 13.3. The van der Waals surface area contributed by atoms with Crippen LogP contribution in [0.2, 0.25) is 6.82 Å². The van der Waals surface area contributed by atoms with Crippen molar-refractivity contribution < 1.29 is 40.5 Å². The summed E-state index contributed by atoms with van der Waals surface area (Å²) in [5.74, 6) is 0.615. The van der Waals surface area contributed by atoms with Crippen molar-refractivity contribution in [2.24, 2.45) is 0 Å². The maximum Gasteiger partial charge on any atom is 0.573 e. The van der Waals surface area contributed by atoms with Crippen molar-refractivity contribution in [2.45, 2.75) is 24.5 Å². The summed E-state index contributed by atoms with van der Waals surface area (Å²) in [5.41, 5.74) is 2.79. The molecule has 0 aliphatic carbocycles. The number of halogens is 3. The molecule has 0 atom stereocenters. The molecule has 0 bridgehead atoms. The van der Waals surface area contributed by atoms with E-state index in [0.717, 1.165) is 28.6 Å². The molecule has 13 heteroatoms. The van der Waals surface area contributed by atoms with Gasteiger partial charge in [-0.2, -0.15) is 0 Å². The molecule has 209 valence electrons. The number of alkyl halides is 3. The molecule has 0 aliphatic rings. The molecule has 0 saturated carbocycles. The molecular weight excluding hydrogens is 548 g/mol. The normalized spacial score (nSPS) is 11.7. The van der Waals surface area contributed by atoms with Crippen LogP contribution >= 0.6 is 0 Å². The van der Waals surface area contributed by atoms with Crippen LogP contribution < -0.4 is 29.1 Å². The molecular formula is C27H25BF3N2O6S. The lowest BCUT2D eigenvalue weighted by atomic mass is 9.73. The van der Waals surface area contributed by atoms with E-state index in [-0.39, 0.29) is 5.69 Å². The molecule has 1 aromatic heterocycles. The zero-order valence-corrected chi connectivity index (χ0v) is 22.8. The molecule has 0 aliphatic heterocycles. The number of hydrogen-bond donors (Lipinski definition) is 1. The minimum atomic E-state index is -5.08. The third-order valence-electron chi connectivity index (χ3n) is 6.07. The monoisotopic (exact) mass is 573 g/mol. The van der Waals surface area contributed by atoms with Gasteiger partial charge in [-0.15, -0.1) is 13.2 Å². The van der Waals surface area contributed by atoms with Gasteiger partial charge in [0.05, 0.1) is 32.5 Å². The van der Waals surface area contributed by atoms with E-state index in [1.807, 2.05) is 12.1 Å². The number of sulfonamides is 1. The number of anilines is 1. The molecule has 0 unspecified atom stereocenters. The van der Waals surface area contributed by atoms with Crippen LogP contribution in [0.5, 0.6) is 23.0 Å². The third-order valence-corrected chi connectivity index (χ3v) is 7.49. The zero-order chi connectivity index (χ0) is 29.1. The van der Waals surface area contributed by atoms with Crippen LogP contribution in [-0.2, 0) is 16.4 Å². The van der Waals surface area contributed by atoms with E-state index in [1.54, 1.807) is 25.2 Å². The Bertz CT molecular complexity index is 1650. The Morgan fingerprint density at radius 3 is 2.20 bits per heavy atom.